The topological polar surface area (TPSA) is 317 Å². The number of carbonyl (C=O) groups excluding carboxylic acids is 4. The van der Waals surface area contributed by atoms with Gasteiger partial charge in [-0.2, -0.15) is 0 Å². The number of fused-ring (bicyclic) bond motifs is 12. The van der Waals surface area contributed by atoms with E-state index in [1.54, 1.807) is 57.7 Å². The number of pyridine rings is 1. The van der Waals surface area contributed by atoms with Gasteiger partial charge in [0, 0.05) is 189 Å². The van der Waals surface area contributed by atoms with Gasteiger partial charge in [-0.25, -0.2) is 0 Å². The van der Waals surface area contributed by atoms with Crippen LogP contribution >= 0.6 is 80.1 Å². The largest absolute Gasteiger partial charge is 0.460 e. The SMILES string of the molecule is Cc1sc2c(c1C)C(c1ccc(Cl)cc1)=N[C@@H](CC(=O)NCCCN1CCN(C)CC1)c1nnc(C)n1-2.Cc1sc2c(c1C)C(c1ccc(Cl)cc1)=N[C@@H](CC(=O)NCCCn1cccc1)c1nnc(C)n1-2.Cc1sc2c(c1C)C(c1ccc(Cl)cc1)=N[C@@H](CNC(=O)CCCN1CCN(C)CC1)c1nnc(C)n1-2.Cc1sc2c(c1C)C(c1ccncc1)=N[C@@H](CC(=O)OC(C)(C)C)c1nnc(C)n1-2. The molecule has 0 saturated carbocycles. The van der Waals surface area contributed by atoms with Crippen molar-refractivity contribution >= 4 is 127 Å². The van der Waals surface area contributed by atoms with Crippen molar-refractivity contribution in [2.24, 2.45) is 20.0 Å². The molecule has 3 N–H and O–H groups in total. The number of nitrogens with zero attached hydrogens (tertiary/aromatic N) is 22. The molecule has 3 aromatic carbocycles. The zero-order valence-electron chi connectivity index (χ0n) is 81.9. The first-order valence-electron chi connectivity index (χ1n) is 47.3. The van der Waals surface area contributed by atoms with Crippen LogP contribution in [-0.2, 0) is 30.5 Å². The third-order valence-electron chi connectivity index (χ3n) is 25.9. The maximum absolute atomic E-state index is 13.1. The predicted octanol–water partition coefficient (Wildman–Crippen LogP) is 17.4. The molecule has 728 valence electrons. The summed E-state index contributed by atoms with van der Waals surface area (Å²) < 4.78 is 16.0. The summed E-state index contributed by atoms with van der Waals surface area (Å²) >= 11 is 25.4. The van der Waals surface area contributed by atoms with E-state index in [4.69, 9.17) is 59.5 Å². The molecule has 4 atom stereocenters. The number of ether oxygens (including phenoxy) is 1. The molecule has 10 aromatic heterocycles. The smallest absolute Gasteiger partial charge is 0.308 e. The molecule has 19 rings (SSSR count). The highest BCUT2D eigenvalue weighted by atomic mass is 35.5. The first-order chi connectivity index (χ1) is 66.7. The maximum Gasteiger partial charge on any atom is 0.308 e. The molecular formula is C102H120Cl3N25O5S4. The predicted molar refractivity (Wildman–Crippen MR) is 555 cm³/mol. The van der Waals surface area contributed by atoms with Gasteiger partial charge in [-0.15, -0.1) is 86.1 Å². The number of amides is 3. The molecule has 30 nitrogen and oxygen atoms in total. The van der Waals surface area contributed by atoms with Gasteiger partial charge in [-0.3, -0.25) is 62.4 Å². The Morgan fingerprint density at radius 2 is 0.705 bits per heavy atom. The van der Waals surface area contributed by atoms with Crippen molar-refractivity contribution < 1.29 is 23.9 Å². The van der Waals surface area contributed by atoms with Crippen molar-refractivity contribution in [3.05, 3.63) is 270 Å². The van der Waals surface area contributed by atoms with Crippen LogP contribution in [-0.4, -0.2) is 240 Å². The van der Waals surface area contributed by atoms with Crippen LogP contribution in [0.25, 0.3) is 20.0 Å². The molecule has 0 spiro atoms. The van der Waals surface area contributed by atoms with Crippen LogP contribution < -0.4 is 16.0 Å². The number of rotatable bonds is 24. The van der Waals surface area contributed by atoms with Crippen LogP contribution in [0.4, 0.5) is 0 Å². The molecule has 2 saturated heterocycles. The standard InChI is InChI=1S/2C27H34ClN7OS.C26H27ClN6OS.C22H25N5O2S/c1-17-18(2)37-27-24(17)25(20-6-8-21(28)9-7-20)30-22(26-32-31-19(3)35(26)27)16-23(36)29-10-5-11-34-14-12-33(4)13-15-34;1-17-18(2)37-27-24(17)25(20-7-9-21(28)10-8-20)30-22(26-32-31-19(3)35(26)27)16-29-23(36)6-5-11-34-14-12-33(4)13-15-34;1-16-17(2)35-26-23(16)24(19-7-9-20(27)10-8-19)29-21(25-31-30-18(3)33(25)26)15-22(34)28-11-6-14-32-12-4-5-13-32;1-12-13(2)30-21-18(12)19(15-7-9-23-10-8-15)24-16(11-17(28)29-22(4,5)6)20-26-25-14(3)27(20)21/h6-9,22H,5,10-16H2,1-4H3,(H,29,36);7-10,22H,5-6,11-16H2,1-4H3,(H,29,36);4-5,7-10,12-13,21H,6,11,14-15H2,1-3H3,(H,28,34);7-10,16H,11H2,1-6H3/t2*22-;21-;16-/m0000/s1. The first-order valence-corrected chi connectivity index (χ1v) is 51.7. The van der Waals surface area contributed by atoms with Gasteiger partial charge in [0.25, 0.3) is 0 Å². The third kappa shape index (κ3) is 23.2. The lowest BCUT2D eigenvalue weighted by molar-refractivity contribution is -0.155. The van der Waals surface area contributed by atoms with Gasteiger partial charge in [-0.05, 0) is 233 Å². The highest BCUT2D eigenvalue weighted by molar-refractivity contribution is 7.16. The number of benzene rings is 3. The van der Waals surface area contributed by atoms with Gasteiger partial charge in [-0.1, -0.05) is 71.2 Å². The van der Waals surface area contributed by atoms with Crippen molar-refractivity contribution in [3.63, 3.8) is 0 Å². The number of piperazine rings is 2. The minimum atomic E-state index is -0.560. The summed E-state index contributed by atoms with van der Waals surface area (Å²) in [6.45, 7) is 43.5. The van der Waals surface area contributed by atoms with Gasteiger partial charge in [0.1, 0.15) is 73.1 Å². The van der Waals surface area contributed by atoms with Crippen LogP contribution in [0, 0.1) is 83.1 Å². The minimum Gasteiger partial charge on any atom is -0.460 e. The van der Waals surface area contributed by atoms with E-state index in [1.165, 1.54) is 41.8 Å². The van der Waals surface area contributed by atoms with Crippen LogP contribution in [0.5, 0.6) is 0 Å². The quantitative estimate of drug-likeness (QED) is 0.0374. The van der Waals surface area contributed by atoms with E-state index in [0.29, 0.717) is 58.6 Å². The number of aryl methyl sites for hydroxylation is 9. The number of esters is 1. The number of aromatic nitrogens is 14. The lowest BCUT2D eigenvalue weighted by Crippen LogP contribution is -2.45. The lowest BCUT2D eigenvalue weighted by atomic mass is 9.99. The Hall–Kier alpha value is -11.3. The molecule has 13 aromatic rings. The Labute approximate surface area is 842 Å². The van der Waals surface area contributed by atoms with Crippen LogP contribution in [0.3, 0.4) is 0 Å². The molecule has 37 heteroatoms. The van der Waals surface area contributed by atoms with E-state index in [2.05, 4.69) is 169 Å². The average molecular weight is 2010 g/mol. The summed E-state index contributed by atoms with van der Waals surface area (Å²) in [5.74, 6) is 5.64. The van der Waals surface area contributed by atoms with Gasteiger partial charge >= 0.3 is 5.97 Å². The van der Waals surface area contributed by atoms with Crippen LogP contribution in [0.2, 0.25) is 15.1 Å². The number of aliphatic imine (C=N–C) groups is 4. The lowest BCUT2D eigenvalue weighted by Gasteiger charge is -2.32. The minimum absolute atomic E-state index is 0.0204. The van der Waals surface area contributed by atoms with Gasteiger partial charge in [0.2, 0.25) is 17.7 Å². The van der Waals surface area contributed by atoms with E-state index < -0.39 is 23.7 Å². The summed E-state index contributed by atoms with van der Waals surface area (Å²) in [5.41, 5.74) is 15.8. The molecule has 139 heavy (non-hydrogen) atoms. The summed E-state index contributed by atoms with van der Waals surface area (Å²) in [4.78, 5) is 90.7. The third-order valence-corrected chi connectivity index (χ3v) is 31.4. The molecule has 0 radical (unpaired) electrons. The molecule has 0 unspecified atom stereocenters. The molecule has 0 bridgehead atoms. The van der Waals surface area contributed by atoms with E-state index in [-0.39, 0.29) is 49.0 Å². The fourth-order valence-electron chi connectivity index (χ4n) is 17.9. The fourth-order valence-corrected chi connectivity index (χ4v) is 23.1. The second-order valence-electron chi connectivity index (χ2n) is 37.1. The Balaban J connectivity index is 0.000000134. The number of thiophene rings is 4. The van der Waals surface area contributed by atoms with Gasteiger partial charge < -0.3 is 44.9 Å². The van der Waals surface area contributed by atoms with Crippen molar-refractivity contribution in [3.8, 4) is 20.0 Å². The van der Waals surface area contributed by atoms with E-state index in [1.807, 2.05) is 162 Å². The molecule has 2 fully saturated rings. The van der Waals surface area contributed by atoms with Gasteiger partial charge in [0.15, 0.2) is 23.3 Å². The number of nitrogens with one attached hydrogen (secondary N) is 3. The van der Waals surface area contributed by atoms with Crippen molar-refractivity contribution in [1.29, 1.82) is 0 Å². The molecule has 16 heterocycles. The molecule has 3 amide bonds. The number of halogens is 3. The van der Waals surface area contributed by atoms with Crippen molar-refractivity contribution in [2.45, 2.75) is 185 Å². The second-order valence-corrected chi connectivity index (χ2v) is 43.2. The zero-order valence-corrected chi connectivity index (χ0v) is 87.4. The Morgan fingerprint density at radius 3 is 1.06 bits per heavy atom. The average Bonchev–Trinajstić information content (AvgIpc) is 1.60. The highest BCUT2D eigenvalue weighted by Crippen LogP contribution is 2.45. The summed E-state index contributed by atoms with van der Waals surface area (Å²) in [5, 5.41) is 50.8. The number of carbonyl (C=O) groups is 4. The normalized spacial score (nSPS) is 16.8. The van der Waals surface area contributed by atoms with Crippen molar-refractivity contribution in [2.75, 3.05) is 99.2 Å². The molecule has 6 aliphatic rings. The Kier molecular flexibility index (Phi) is 32.1. The van der Waals surface area contributed by atoms with Crippen LogP contribution in [0.15, 0.2) is 142 Å². The Bertz CT molecular complexity index is 6730. The van der Waals surface area contributed by atoms with Gasteiger partial charge in [0.05, 0.1) is 42.1 Å². The van der Waals surface area contributed by atoms with Crippen molar-refractivity contribution in [1.82, 2.24) is 104 Å². The number of likely N-dealkylation sites (N-methyl/N-ethyl adjacent to an activating group) is 2. The van der Waals surface area contributed by atoms with Crippen LogP contribution in [0.1, 0.15) is 223 Å². The summed E-state index contributed by atoms with van der Waals surface area (Å²) in [6.07, 6.45) is 11.2. The molecule has 0 aliphatic carbocycles. The van der Waals surface area contributed by atoms with E-state index in [9.17, 15) is 19.2 Å². The fraction of sp³-hybridized carbons (Fsp3) is 0.422. The number of hydrogen-bond acceptors (Lipinski definition) is 26. The Morgan fingerprint density at radius 1 is 0.388 bits per heavy atom. The summed E-state index contributed by atoms with van der Waals surface area (Å²) in [6, 6.07) is 29.4. The first kappa shape index (κ1) is 101. The second kappa shape index (κ2) is 44.3. The summed E-state index contributed by atoms with van der Waals surface area (Å²) in [7, 11) is 4.32. The molecular weight excluding hydrogens is 1890 g/mol. The number of hydrogen-bond donors (Lipinski definition) is 3. The monoisotopic (exact) mass is 2010 g/mol. The van der Waals surface area contributed by atoms with E-state index in [0.717, 1.165) is 208 Å². The maximum atomic E-state index is 13.1. The highest BCUT2D eigenvalue weighted by Gasteiger charge is 2.39. The molecule has 6 aliphatic heterocycles. The van der Waals surface area contributed by atoms with E-state index >= 15 is 0 Å². The zero-order chi connectivity index (χ0) is 98.4.